The van der Waals surface area contributed by atoms with E-state index >= 15 is 0 Å². The van der Waals surface area contributed by atoms with Crippen LogP contribution in [0.2, 0.25) is 0 Å². The maximum Gasteiger partial charge on any atom is 0.0378 e. The molecule has 98 valence electrons. The minimum Gasteiger partial charge on any atom is -0.326 e. The van der Waals surface area contributed by atoms with Gasteiger partial charge in [0.05, 0.1) is 0 Å². The molecule has 2 N–H and O–H groups in total. The van der Waals surface area contributed by atoms with E-state index in [9.17, 15) is 0 Å². The molecule has 3 aliphatic rings. The van der Waals surface area contributed by atoms with Crippen LogP contribution < -0.4 is 5.73 Å². The molecule has 0 aromatic heterocycles. The van der Waals surface area contributed by atoms with Crippen molar-refractivity contribution in [3.63, 3.8) is 0 Å². The van der Waals surface area contributed by atoms with E-state index < -0.39 is 0 Å². The number of hydrogen-bond acceptors (Lipinski definition) is 3. The zero-order valence-electron chi connectivity index (χ0n) is 11.2. The Hall–Kier alpha value is -0.900. The van der Waals surface area contributed by atoms with Crippen molar-refractivity contribution in [2.75, 3.05) is 32.7 Å². The van der Waals surface area contributed by atoms with Crippen LogP contribution in [0.3, 0.4) is 0 Å². The lowest BCUT2D eigenvalue weighted by Gasteiger charge is -2.49. The van der Waals surface area contributed by atoms with E-state index in [0.29, 0.717) is 6.04 Å². The number of hydrogen-bond donors (Lipinski definition) is 1. The van der Waals surface area contributed by atoms with Crippen LogP contribution in [-0.2, 0) is 6.42 Å². The Morgan fingerprint density at radius 2 is 1.94 bits per heavy atom. The van der Waals surface area contributed by atoms with E-state index in [1.807, 2.05) is 0 Å². The van der Waals surface area contributed by atoms with Crippen molar-refractivity contribution in [1.82, 2.24) is 9.80 Å². The predicted molar refractivity (Wildman–Crippen MR) is 74.7 cm³/mol. The van der Waals surface area contributed by atoms with E-state index in [1.165, 1.54) is 37.3 Å². The molecule has 2 atom stereocenters. The first-order valence-corrected chi connectivity index (χ1v) is 7.00. The van der Waals surface area contributed by atoms with Crippen LogP contribution in [0.1, 0.15) is 11.1 Å². The second-order valence-corrected chi connectivity index (χ2v) is 5.70. The quantitative estimate of drug-likeness (QED) is 0.857. The number of nitrogens with zero attached hydrogens (tertiary/aromatic N) is 2. The van der Waals surface area contributed by atoms with Crippen LogP contribution in [-0.4, -0.2) is 54.6 Å². The van der Waals surface area contributed by atoms with Gasteiger partial charge in [0.1, 0.15) is 0 Å². The zero-order valence-corrected chi connectivity index (χ0v) is 11.2. The van der Waals surface area contributed by atoms with Crippen LogP contribution in [0, 0.1) is 6.92 Å². The molecule has 3 heterocycles. The summed E-state index contributed by atoms with van der Waals surface area (Å²) in [5.74, 6) is 0. The molecule has 3 saturated heterocycles. The average Bonchev–Trinajstić information content (AvgIpc) is 2.42. The van der Waals surface area contributed by atoms with Crippen molar-refractivity contribution in [3.8, 4) is 0 Å². The summed E-state index contributed by atoms with van der Waals surface area (Å²) in [6.45, 7) is 8.20. The van der Waals surface area contributed by atoms with Gasteiger partial charge in [0.25, 0.3) is 0 Å². The molecule has 3 fully saturated rings. The summed E-state index contributed by atoms with van der Waals surface area (Å²) in [6.07, 6.45) is 1.00. The lowest BCUT2D eigenvalue weighted by Crippen LogP contribution is -2.66. The molecule has 0 amide bonds. The van der Waals surface area contributed by atoms with Crippen molar-refractivity contribution < 1.29 is 0 Å². The van der Waals surface area contributed by atoms with Crippen molar-refractivity contribution in [2.24, 2.45) is 5.73 Å². The molecule has 0 radical (unpaired) electrons. The van der Waals surface area contributed by atoms with Gasteiger partial charge in [-0.25, -0.2) is 0 Å². The van der Waals surface area contributed by atoms with Gasteiger partial charge < -0.3 is 5.73 Å². The SMILES string of the molecule is Cc1ccccc1CC(N)C1CN2CCN1CC2. The maximum absolute atomic E-state index is 6.47. The van der Waals surface area contributed by atoms with E-state index in [1.54, 1.807) is 0 Å². The predicted octanol–water partition coefficient (Wildman–Crippen LogP) is 0.865. The van der Waals surface area contributed by atoms with E-state index in [0.717, 1.165) is 13.0 Å². The van der Waals surface area contributed by atoms with Gasteiger partial charge >= 0.3 is 0 Å². The average molecular weight is 245 g/mol. The second kappa shape index (κ2) is 5.00. The first-order chi connectivity index (χ1) is 8.74. The third kappa shape index (κ3) is 2.30. The molecule has 2 bridgehead atoms. The Kier molecular flexibility index (Phi) is 3.37. The van der Waals surface area contributed by atoms with Gasteiger partial charge in [-0.05, 0) is 24.5 Å². The van der Waals surface area contributed by atoms with E-state index in [2.05, 4.69) is 41.0 Å². The van der Waals surface area contributed by atoms with Gasteiger partial charge in [0.2, 0.25) is 0 Å². The number of fused-ring (bicyclic) bond motifs is 3. The summed E-state index contributed by atoms with van der Waals surface area (Å²) in [5, 5.41) is 0. The zero-order chi connectivity index (χ0) is 12.5. The third-order valence-corrected chi connectivity index (χ3v) is 4.53. The number of benzene rings is 1. The van der Waals surface area contributed by atoms with Gasteiger partial charge in [0, 0.05) is 44.8 Å². The molecule has 0 saturated carbocycles. The maximum atomic E-state index is 6.47. The fourth-order valence-corrected chi connectivity index (χ4v) is 3.29. The first kappa shape index (κ1) is 12.2. The topological polar surface area (TPSA) is 32.5 Å². The molecule has 0 spiro atoms. The lowest BCUT2D eigenvalue weighted by atomic mass is 9.93. The van der Waals surface area contributed by atoms with Crippen LogP contribution in [0.5, 0.6) is 0 Å². The molecule has 3 aliphatic heterocycles. The summed E-state index contributed by atoms with van der Waals surface area (Å²) in [4.78, 5) is 5.14. The normalized spacial score (nSPS) is 32.4. The Morgan fingerprint density at radius 1 is 1.22 bits per heavy atom. The monoisotopic (exact) mass is 245 g/mol. The fraction of sp³-hybridized carbons (Fsp3) is 0.600. The molecule has 18 heavy (non-hydrogen) atoms. The standard InChI is InChI=1S/C15H23N3/c1-12-4-2-3-5-13(12)10-14(16)15-11-17-6-8-18(15)9-7-17/h2-5,14-15H,6-11,16H2,1H3. The number of rotatable bonds is 3. The lowest BCUT2D eigenvalue weighted by molar-refractivity contribution is 0.00257. The van der Waals surface area contributed by atoms with Gasteiger partial charge in [-0.15, -0.1) is 0 Å². The minimum atomic E-state index is 0.259. The van der Waals surface area contributed by atoms with Crippen LogP contribution in [0.15, 0.2) is 24.3 Å². The summed E-state index contributed by atoms with van der Waals surface area (Å²) >= 11 is 0. The number of piperazine rings is 3. The summed E-state index contributed by atoms with van der Waals surface area (Å²) in [7, 11) is 0. The van der Waals surface area contributed by atoms with Gasteiger partial charge in [0.15, 0.2) is 0 Å². The highest BCUT2D eigenvalue weighted by Crippen LogP contribution is 2.20. The summed E-state index contributed by atoms with van der Waals surface area (Å²) in [6, 6.07) is 9.42. The van der Waals surface area contributed by atoms with E-state index in [-0.39, 0.29) is 6.04 Å². The molecule has 4 rings (SSSR count). The van der Waals surface area contributed by atoms with Gasteiger partial charge in [-0.3, -0.25) is 9.80 Å². The largest absolute Gasteiger partial charge is 0.326 e. The van der Waals surface area contributed by atoms with Crippen molar-refractivity contribution in [3.05, 3.63) is 35.4 Å². The summed E-state index contributed by atoms with van der Waals surface area (Å²) < 4.78 is 0. The van der Waals surface area contributed by atoms with E-state index in [4.69, 9.17) is 5.73 Å². The molecular weight excluding hydrogens is 222 g/mol. The Bertz CT molecular complexity index is 410. The molecule has 1 aromatic carbocycles. The van der Waals surface area contributed by atoms with Crippen molar-refractivity contribution >= 4 is 0 Å². The summed E-state index contributed by atoms with van der Waals surface area (Å²) in [5.41, 5.74) is 9.24. The molecule has 3 nitrogen and oxygen atoms in total. The highest BCUT2D eigenvalue weighted by Gasteiger charge is 2.35. The Labute approximate surface area is 110 Å². The number of aryl methyl sites for hydroxylation is 1. The van der Waals surface area contributed by atoms with Crippen molar-refractivity contribution in [2.45, 2.75) is 25.4 Å². The Morgan fingerprint density at radius 3 is 2.56 bits per heavy atom. The molecule has 3 heteroatoms. The number of nitrogens with two attached hydrogens (primary N) is 1. The van der Waals surface area contributed by atoms with Gasteiger partial charge in [-0.1, -0.05) is 24.3 Å². The highest BCUT2D eigenvalue weighted by atomic mass is 15.3. The second-order valence-electron chi connectivity index (χ2n) is 5.70. The minimum absolute atomic E-state index is 0.259. The van der Waals surface area contributed by atoms with Crippen LogP contribution >= 0.6 is 0 Å². The first-order valence-electron chi connectivity index (χ1n) is 7.00. The molecule has 0 aliphatic carbocycles. The van der Waals surface area contributed by atoms with Crippen LogP contribution in [0.4, 0.5) is 0 Å². The molecule has 2 unspecified atom stereocenters. The third-order valence-electron chi connectivity index (χ3n) is 4.53. The molecule has 1 aromatic rings. The fourth-order valence-electron chi connectivity index (χ4n) is 3.29. The van der Waals surface area contributed by atoms with Crippen LogP contribution in [0.25, 0.3) is 0 Å². The Balaban J connectivity index is 1.68. The molecular formula is C15H23N3. The smallest absolute Gasteiger partial charge is 0.0378 e. The van der Waals surface area contributed by atoms with Crippen molar-refractivity contribution in [1.29, 1.82) is 0 Å². The highest BCUT2D eigenvalue weighted by molar-refractivity contribution is 5.26. The van der Waals surface area contributed by atoms with Gasteiger partial charge in [-0.2, -0.15) is 0 Å².